The summed E-state index contributed by atoms with van der Waals surface area (Å²) >= 11 is 0. The number of rotatable bonds is 6. The molecule has 1 saturated heterocycles. The highest BCUT2D eigenvalue weighted by atomic mass is 16.5. The second-order valence-corrected chi connectivity index (χ2v) is 8.09. The van der Waals surface area contributed by atoms with Gasteiger partial charge in [0, 0.05) is 45.8 Å². The van der Waals surface area contributed by atoms with Gasteiger partial charge in [0.1, 0.15) is 5.75 Å². The fraction of sp³-hybridized carbons (Fsp3) is 0.400. The van der Waals surface area contributed by atoms with Gasteiger partial charge in [-0.15, -0.1) is 0 Å². The number of amides is 1. The molecule has 5 heteroatoms. The third kappa shape index (κ3) is 5.29. The SMILES string of the molecule is COc1ccc(CN2CCN(CC(=O)N3CC=C(c4ccccc4)CC3)CC2)cc1. The number of methoxy groups -OCH3 is 1. The maximum Gasteiger partial charge on any atom is 0.237 e. The summed E-state index contributed by atoms with van der Waals surface area (Å²) < 4.78 is 5.23. The van der Waals surface area contributed by atoms with Crippen LogP contribution in [0.15, 0.2) is 60.7 Å². The molecule has 2 aromatic carbocycles. The van der Waals surface area contributed by atoms with Crippen molar-refractivity contribution >= 4 is 11.5 Å². The quantitative estimate of drug-likeness (QED) is 0.740. The Labute approximate surface area is 179 Å². The Bertz CT molecular complexity index is 856. The van der Waals surface area contributed by atoms with Crippen molar-refractivity contribution in [2.24, 2.45) is 0 Å². The highest BCUT2D eigenvalue weighted by molar-refractivity contribution is 5.80. The molecular formula is C25H31N3O2. The predicted molar refractivity (Wildman–Crippen MR) is 120 cm³/mol. The Hall–Kier alpha value is -2.63. The smallest absolute Gasteiger partial charge is 0.237 e. The summed E-state index contributed by atoms with van der Waals surface area (Å²) in [5.74, 6) is 1.15. The molecule has 1 amide bonds. The molecule has 2 aliphatic heterocycles. The molecule has 2 aliphatic rings. The number of ether oxygens (including phenoxy) is 1. The van der Waals surface area contributed by atoms with Crippen LogP contribution in [0.4, 0.5) is 0 Å². The zero-order chi connectivity index (χ0) is 20.8. The van der Waals surface area contributed by atoms with Crippen molar-refractivity contribution in [3.05, 3.63) is 71.8 Å². The molecule has 0 saturated carbocycles. The topological polar surface area (TPSA) is 36.0 Å². The normalized spacial score (nSPS) is 18.2. The molecule has 4 rings (SSSR count). The zero-order valence-corrected chi connectivity index (χ0v) is 17.8. The summed E-state index contributed by atoms with van der Waals surface area (Å²) in [5.41, 5.74) is 3.93. The van der Waals surface area contributed by atoms with Crippen LogP contribution in [0.1, 0.15) is 17.5 Å². The van der Waals surface area contributed by atoms with E-state index in [9.17, 15) is 4.79 Å². The first kappa shape index (κ1) is 20.6. The van der Waals surface area contributed by atoms with Crippen LogP contribution in [-0.4, -0.2) is 73.5 Å². The van der Waals surface area contributed by atoms with Crippen molar-refractivity contribution in [2.75, 3.05) is 52.9 Å². The fourth-order valence-corrected chi connectivity index (χ4v) is 4.20. The van der Waals surface area contributed by atoms with Crippen LogP contribution in [0.25, 0.3) is 5.57 Å². The van der Waals surface area contributed by atoms with E-state index in [4.69, 9.17) is 4.74 Å². The predicted octanol–water partition coefficient (Wildman–Crippen LogP) is 3.13. The van der Waals surface area contributed by atoms with Crippen molar-refractivity contribution in [2.45, 2.75) is 13.0 Å². The highest BCUT2D eigenvalue weighted by Gasteiger charge is 2.23. The molecular weight excluding hydrogens is 374 g/mol. The summed E-state index contributed by atoms with van der Waals surface area (Å²) in [4.78, 5) is 19.5. The van der Waals surface area contributed by atoms with Crippen LogP contribution < -0.4 is 4.74 Å². The summed E-state index contributed by atoms with van der Waals surface area (Å²) in [7, 11) is 1.69. The minimum atomic E-state index is 0.252. The number of piperazine rings is 1. The molecule has 0 unspecified atom stereocenters. The molecule has 0 aliphatic carbocycles. The summed E-state index contributed by atoms with van der Waals surface area (Å²) in [6, 6.07) is 18.8. The highest BCUT2D eigenvalue weighted by Crippen LogP contribution is 2.22. The van der Waals surface area contributed by atoms with E-state index >= 15 is 0 Å². The van der Waals surface area contributed by atoms with E-state index in [2.05, 4.69) is 52.3 Å². The van der Waals surface area contributed by atoms with Crippen LogP contribution in [0.5, 0.6) is 5.75 Å². The van der Waals surface area contributed by atoms with Crippen LogP contribution in [-0.2, 0) is 11.3 Å². The molecule has 2 aromatic rings. The van der Waals surface area contributed by atoms with Crippen LogP contribution in [0, 0.1) is 0 Å². The van der Waals surface area contributed by atoms with E-state index in [-0.39, 0.29) is 5.91 Å². The third-order valence-corrected chi connectivity index (χ3v) is 6.10. The van der Waals surface area contributed by atoms with E-state index in [0.717, 1.165) is 58.0 Å². The molecule has 158 valence electrons. The Balaban J connectivity index is 1.21. The monoisotopic (exact) mass is 405 g/mol. The second kappa shape index (κ2) is 9.92. The Morgan fingerprint density at radius 3 is 2.23 bits per heavy atom. The average molecular weight is 406 g/mol. The summed E-state index contributed by atoms with van der Waals surface area (Å²) in [5, 5.41) is 0. The summed E-state index contributed by atoms with van der Waals surface area (Å²) in [6.45, 7) is 6.91. The van der Waals surface area contributed by atoms with Gasteiger partial charge in [0.05, 0.1) is 13.7 Å². The number of carbonyl (C=O) groups excluding carboxylic acids is 1. The van der Waals surface area contributed by atoms with Gasteiger partial charge in [0.2, 0.25) is 5.91 Å². The van der Waals surface area contributed by atoms with E-state index in [0.29, 0.717) is 6.54 Å². The second-order valence-electron chi connectivity index (χ2n) is 8.09. The lowest BCUT2D eigenvalue weighted by Crippen LogP contribution is -2.50. The number of nitrogens with zero attached hydrogens (tertiary/aromatic N) is 3. The van der Waals surface area contributed by atoms with Crippen molar-refractivity contribution < 1.29 is 9.53 Å². The first-order valence-corrected chi connectivity index (χ1v) is 10.8. The number of benzene rings is 2. The minimum absolute atomic E-state index is 0.252. The van der Waals surface area contributed by atoms with Crippen molar-refractivity contribution in [3.63, 3.8) is 0 Å². The standard InChI is InChI=1S/C25H31N3O2/c1-30-24-9-7-21(8-10-24)19-26-15-17-27(18-16-26)20-25(29)28-13-11-23(12-14-28)22-5-3-2-4-6-22/h2-11H,12-20H2,1H3. The maximum absolute atomic E-state index is 12.8. The lowest BCUT2D eigenvalue weighted by molar-refractivity contribution is -0.132. The average Bonchev–Trinajstić information content (AvgIpc) is 2.81. The van der Waals surface area contributed by atoms with Gasteiger partial charge in [0.25, 0.3) is 0 Å². The lowest BCUT2D eigenvalue weighted by atomic mass is 9.99. The zero-order valence-electron chi connectivity index (χ0n) is 17.8. The summed E-state index contributed by atoms with van der Waals surface area (Å²) in [6.07, 6.45) is 3.15. The minimum Gasteiger partial charge on any atom is -0.497 e. The molecule has 0 bridgehead atoms. The van der Waals surface area contributed by atoms with Gasteiger partial charge < -0.3 is 9.64 Å². The van der Waals surface area contributed by atoms with Crippen LogP contribution >= 0.6 is 0 Å². The van der Waals surface area contributed by atoms with Crippen molar-refractivity contribution in [1.29, 1.82) is 0 Å². The Kier molecular flexibility index (Phi) is 6.82. The lowest BCUT2D eigenvalue weighted by Gasteiger charge is -2.36. The molecule has 1 fully saturated rings. The van der Waals surface area contributed by atoms with Gasteiger partial charge in [-0.2, -0.15) is 0 Å². The van der Waals surface area contributed by atoms with Crippen molar-refractivity contribution in [3.8, 4) is 5.75 Å². The largest absolute Gasteiger partial charge is 0.497 e. The Morgan fingerprint density at radius 1 is 0.900 bits per heavy atom. The van der Waals surface area contributed by atoms with Crippen LogP contribution in [0.2, 0.25) is 0 Å². The maximum atomic E-state index is 12.8. The van der Waals surface area contributed by atoms with Gasteiger partial charge in [0.15, 0.2) is 0 Å². The number of hydrogen-bond donors (Lipinski definition) is 0. The molecule has 5 nitrogen and oxygen atoms in total. The first-order valence-electron chi connectivity index (χ1n) is 10.8. The van der Waals surface area contributed by atoms with Gasteiger partial charge in [-0.05, 0) is 35.3 Å². The molecule has 0 spiro atoms. The fourth-order valence-electron chi connectivity index (χ4n) is 4.20. The van der Waals surface area contributed by atoms with Gasteiger partial charge in [-0.3, -0.25) is 14.6 Å². The molecule has 30 heavy (non-hydrogen) atoms. The van der Waals surface area contributed by atoms with Gasteiger partial charge >= 0.3 is 0 Å². The van der Waals surface area contributed by atoms with Gasteiger partial charge in [-0.1, -0.05) is 48.5 Å². The molecule has 0 N–H and O–H groups in total. The van der Waals surface area contributed by atoms with E-state index in [1.165, 1.54) is 16.7 Å². The van der Waals surface area contributed by atoms with E-state index in [1.807, 2.05) is 23.1 Å². The van der Waals surface area contributed by atoms with Crippen LogP contribution in [0.3, 0.4) is 0 Å². The van der Waals surface area contributed by atoms with Gasteiger partial charge in [-0.25, -0.2) is 0 Å². The van der Waals surface area contributed by atoms with E-state index < -0.39 is 0 Å². The number of carbonyl (C=O) groups is 1. The molecule has 0 atom stereocenters. The Morgan fingerprint density at radius 2 is 1.60 bits per heavy atom. The molecule has 0 aromatic heterocycles. The third-order valence-electron chi connectivity index (χ3n) is 6.10. The number of hydrogen-bond acceptors (Lipinski definition) is 4. The van der Waals surface area contributed by atoms with E-state index in [1.54, 1.807) is 7.11 Å². The van der Waals surface area contributed by atoms with Crippen molar-refractivity contribution in [1.82, 2.24) is 14.7 Å². The molecule has 0 radical (unpaired) electrons. The molecule has 2 heterocycles. The first-order chi connectivity index (χ1) is 14.7.